The summed E-state index contributed by atoms with van der Waals surface area (Å²) in [4.78, 5) is 27.2. The van der Waals surface area contributed by atoms with Crippen LogP contribution in [0.1, 0.15) is 16.1 Å². The van der Waals surface area contributed by atoms with Crippen LogP contribution < -0.4 is 20.1 Å². The molecule has 3 aromatic heterocycles. The van der Waals surface area contributed by atoms with Crippen molar-refractivity contribution in [2.45, 2.75) is 0 Å². The number of carbonyl (C=O) groups excluding carboxylic acids is 1. The highest BCUT2D eigenvalue weighted by molar-refractivity contribution is 5.92. The molecule has 0 aliphatic rings. The molecule has 0 bridgehead atoms. The average molecular weight is 520 g/mol. The Hall–Kier alpha value is -5.43. The van der Waals surface area contributed by atoms with Gasteiger partial charge in [-0.1, -0.05) is 5.92 Å². The standard InChI is InChI=1S/C29H25N7O3/c1-35-18-20(16-33-35)28-17-32-26-7-6-22(14-27(26)34-28)36(23-12-24(38-2)15-25(13-23)39-3)10-4-5-21-11-19(29(30)37)8-9-31-21/h6-9,11-18H,10H2,1-3H3,(H2,30,37). The van der Waals surface area contributed by atoms with Crippen LogP contribution in [0.5, 0.6) is 11.5 Å². The van der Waals surface area contributed by atoms with Gasteiger partial charge >= 0.3 is 0 Å². The number of nitrogens with zero attached hydrogens (tertiary/aromatic N) is 6. The van der Waals surface area contributed by atoms with Crippen LogP contribution in [-0.2, 0) is 7.05 Å². The van der Waals surface area contributed by atoms with Crippen LogP contribution in [0.15, 0.2) is 73.3 Å². The van der Waals surface area contributed by atoms with Gasteiger partial charge in [0.2, 0.25) is 5.91 Å². The van der Waals surface area contributed by atoms with E-state index in [1.165, 1.54) is 6.20 Å². The van der Waals surface area contributed by atoms with Crippen molar-refractivity contribution in [3.8, 4) is 34.6 Å². The predicted molar refractivity (Wildman–Crippen MR) is 148 cm³/mol. The third kappa shape index (κ3) is 5.62. The number of benzene rings is 2. The smallest absolute Gasteiger partial charge is 0.248 e. The van der Waals surface area contributed by atoms with Gasteiger partial charge in [0, 0.05) is 60.1 Å². The Labute approximate surface area is 225 Å². The topological polar surface area (TPSA) is 121 Å². The Balaban J connectivity index is 1.57. The number of primary amides is 1. The van der Waals surface area contributed by atoms with Crippen molar-refractivity contribution in [1.29, 1.82) is 0 Å². The molecule has 39 heavy (non-hydrogen) atoms. The van der Waals surface area contributed by atoms with Crippen LogP contribution in [0, 0.1) is 11.8 Å². The lowest BCUT2D eigenvalue weighted by atomic mass is 10.2. The maximum Gasteiger partial charge on any atom is 0.248 e. The summed E-state index contributed by atoms with van der Waals surface area (Å²) in [7, 11) is 5.06. The van der Waals surface area contributed by atoms with Crippen LogP contribution in [0.3, 0.4) is 0 Å². The highest BCUT2D eigenvalue weighted by Crippen LogP contribution is 2.34. The van der Waals surface area contributed by atoms with Gasteiger partial charge < -0.3 is 20.1 Å². The Bertz CT molecular complexity index is 1710. The fraction of sp³-hybridized carbons (Fsp3) is 0.138. The van der Waals surface area contributed by atoms with E-state index in [1.807, 2.05) is 48.5 Å². The quantitative estimate of drug-likeness (QED) is 0.323. The summed E-state index contributed by atoms with van der Waals surface area (Å²) in [5.41, 5.74) is 10.9. The number of aryl methyl sites for hydroxylation is 1. The number of carbonyl (C=O) groups is 1. The summed E-state index contributed by atoms with van der Waals surface area (Å²) in [5.74, 6) is 6.93. The maximum atomic E-state index is 11.5. The second-order valence-corrected chi connectivity index (χ2v) is 8.58. The number of pyridine rings is 1. The molecule has 5 aromatic rings. The summed E-state index contributed by atoms with van der Waals surface area (Å²) in [6.07, 6.45) is 6.90. The van der Waals surface area contributed by atoms with Crippen molar-refractivity contribution in [3.05, 3.63) is 84.6 Å². The van der Waals surface area contributed by atoms with Crippen molar-refractivity contribution < 1.29 is 14.3 Å². The van der Waals surface area contributed by atoms with Crippen molar-refractivity contribution >= 4 is 28.3 Å². The van der Waals surface area contributed by atoms with E-state index in [2.05, 4.69) is 26.9 Å². The number of fused-ring (bicyclic) bond motifs is 1. The molecule has 3 heterocycles. The molecule has 0 fully saturated rings. The van der Waals surface area contributed by atoms with E-state index < -0.39 is 5.91 Å². The monoisotopic (exact) mass is 519 g/mol. The number of rotatable bonds is 7. The molecule has 1 amide bonds. The normalized spacial score (nSPS) is 10.5. The first-order valence-corrected chi connectivity index (χ1v) is 11.9. The summed E-state index contributed by atoms with van der Waals surface area (Å²) in [6, 6.07) is 14.6. The van der Waals surface area contributed by atoms with E-state index in [-0.39, 0.29) is 0 Å². The van der Waals surface area contributed by atoms with E-state index >= 15 is 0 Å². The van der Waals surface area contributed by atoms with E-state index in [1.54, 1.807) is 49.5 Å². The van der Waals surface area contributed by atoms with Crippen LogP contribution in [0.4, 0.5) is 11.4 Å². The van der Waals surface area contributed by atoms with Gasteiger partial charge in [-0.3, -0.25) is 14.5 Å². The molecule has 0 saturated carbocycles. The molecule has 0 spiro atoms. The minimum absolute atomic E-state index is 0.292. The van der Waals surface area contributed by atoms with Crippen LogP contribution in [0.25, 0.3) is 22.3 Å². The van der Waals surface area contributed by atoms with Crippen molar-refractivity contribution in [1.82, 2.24) is 24.7 Å². The molecular weight excluding hydrogens is 494 g/mol. The van der Waals surface area contributed by atoms with E-state index in [0.717, 1.165) is 33.7 Å². The molecule has 0 saturated heterocycles. The van der Waals surface area contributed by atoms with Gasteiger partial charge in [0.1, 0.15) is 17.2 Å². The molecule has 2 aromatic carbocycles. The molecular formula is C29H25N7O3. The Morgan fingerprint density at radius 2 is 1.77 bits per heavy atom. The Morgan fingerprint density at radius 3 is 2.46 bits per heavy atom. The van der Waals surface area contributed by atoms with Gasteiger partial charge in [-0.25, -0.2) is 9.97 Å². The van der Waals surface area contributed by atoms with Crippen LogP contribution in [0.2, 0.25) is 0 Å². The van der Waals surface area contributed by atoms with Gasteiger partial charge in [0.05, 0.1) is 49.9 Å². The van der Waals surface area contributed by atoms with Crippen LogP contribution >= 0.6 is 0 Å². The van der Waals surface area contributed by atoms with Gasteiger partial charge in [-0.15, -0.1) is 0 Å². The second kappa shape index (κ2) is 10.9. The van der Waals surface area contributed by atoms with Gasteiger partial charge in [-0.2, -0.15) is 5.10 Å². The number of anilines is 2. The van der Waals surface area contributed by atoms with Crippen molar-refractivity contribution in [2.24, 2.45) is 12.8 Å². The second-order valence-electron chi connectivity index (χ2n) is 8.58. The minimum Gasteiger partial charge on any atom is -0.497 e. The molecule has 10 heteroatoms. The third-order valence-corrected chi connectivity index (χ3v) is 5.98. The first-order valence-electron chi connectivity index (χ1n) is 11.9. The molecule has 0 unspecified atom stereocenters. The van der Waals surface area contributed by atoms with Crippen molar-refractivity contribution in [3.63, 3.8) is 0 Å². The molecule has 0 aliphatic heterocycles. The summed E-state index contributed by atoms with van der Waals surface area (Å²) >= 11 is 0. The fourth-order valence-electron chi connectivity index (χ4n) is 4.00. The number of aromatic nitrogens is 5. The summed E-state index contributed by atoms with van der Waals surface area (Å²) < 4.78 is 12.7. The van der Waals surface area contributed by atoms with E-state index in [9.17, 15) is 4.79 Å². The zero-order valence-corrected chi connectivity index (χ0v) is 21.6. The number of amides is 1. The molecule has 0 radical (unpaired) electrons. The Morgan fingerprint density at radius 1 is 0.974 bits per heavy atom. The molecule has 194 valence electrons. The zero-order chi connectivity index (χ0) is 27.4. The molecule has 0 atom stereocenters. The highest BCUT2D eigenvalue weighted by atomic mass is 16.5. The van der Waals surface area contributed by atoms with Crippen LogP contribution in [-0.4, -0.2) is 51.4 Å². The number of hydrogen-bond acceptors (Lipinski definition) is 8. The third-order valence-electron chi connectivity index (χ3n) is 5.98. The molecule has 0 aliphatic carbocycles. The number of methoxy groups -OCH3 is 2. The number of nitrogens with two attached hydrogens (primary N) is 1. The molecule has 10 nitrogen and oxygen atoms in total. The van der Waals surface area contributed by atoms with Gasteiger partial charge in [0.25, 0.3) is 0 Å². The van der Waals surface area contributed by atoms with Gasteiger partial charge in [0.15, 0.2) is 0 Å². The first-order chi connectivity index (χ1) is 18.9. The largest absolute Gasteiger partial charge is 0.497 e. The zero-order valence-electron chi connectivity index (χ0n) is 21.6. The predicted octanol–water partition coefficient (Wildman–Crippen LogP) is 3.73. The van der Waals surface area contributed by atoms with Gasteiger partial charge in [-0.05, 0) is 36.3 Å². The molecule has 2 N–H and O–H groups in total. The maximum absolute atomic E-state index is 11.5. The SMILES string of the molecule is COc1cc(OC)cc(N(CC#Cc2cc(C(N)=O)ccn2)c2ccc3ncc(-c4cnn(C)c4)nc3c2)c1. The lowest BCUT2D eigenvalue weighted by molar-refractivity contribution is 0.1000. The summed E-state index contributed by atoms with van der Waals surface area (Å²) in [5, 5.41) is 4.24. The average Bonchev–Trinajstić information content (AvgIpc) is 3.40. The lowest BCUT2D eigenvalue weighted by Gasteiger charge is -2.24. The minimum atomic E-state index is -0.534. The lowest BCUT2D eigenvalue weighted by Crippen LogP contribution is -2.17. The first kappa shape index (κ1) is 25.2. The van der Waals surface area contributed by atoms with E-state index in [4.69, 9.17) is 20.2 Å². The number of hydrogen-bond donors (Lipinski definition) is 1. The number of ether oxygens (including phenoxy) is 2. The Kier molecular flexibility index (Phi) is 7.05. The van der Waals surface area contributed by atoms with Crippen molar-refractivity contribution in [2.75, 3.05) is 25.7 Å². The fourth-order valence-corrected chi connectivity index (χ4v) is 4.00. The summed E-state index contributed by atoms with van der Waals surface area (Å²) in [6.45, 7) is 0.292. The van der Waals surface area contributed by atoms with E-state index in [0.29, 0.717) is 29.3 Å². The highest BCUT2D eigenvalue weighted by Gasteiger charge is 2.14. The molecule has 5 rings (SSSR count).